The molecule has 0 spiro atoms. The normalized spacial score (nSPS) is 21.5. The molecule has 1 unspecified atom stereocenters. The molecule has 0 amide bonds. The predicted molar refractivity (Wildman–Crippen MR) is 67.1 cm³/mol. The van der Waals surface area contributed by atoms with Gasteiger partial charge < -0.3 is 5.32 Å². The van der Waals surface area contributed by atoms with E-state index in [1.165, 1.54) is 45.4 Å². The van der Waals surface area contributed by atoms with Crippen LogP contribution < -0.4 is 5.32 Å². The van der Waals surface area contributed by atoms with E-state index in [0.717, 1.165) is 5.92 Å². The lowest BCUT2D eigenvalue weighted by molar-refractivity contribution is 0.161. The Labute approximate surface area is 94.7 Å². The highest BCUT2D eigenvalue weighted by Gasteiger charge is 2.20. The third-order valence-electron chi connectivity index (χ3n) is 3.43. The van der Waals surface area contributed by atoms with E-state index >= 15 is 0 Å². The van der Waals surface area contributed by atoms with Gasteiger partial charge in [-0.1, -0.05) is 13.0 Å². The molecule has 1 aliphatic heterocycles. The zero-order valence-electron chi connectivity index (χ0n) is 10.3. The molecule has 15 heavy (non-hydrogen) atoms. The molecule has 1 N–H and O–H groups in total. The Morgan fingerprint density at radius 3 is 2.67 bits per heavy atom. The van der Waals surface area contributed by atoms with Crippen molar-refractivity contribution in [2.75, 3.05) is 26.2 Å². The van der Waals surface area contributed by atoms with Gasteiger partial charge in [-0.2, -0.15) is 0 Å². The zero-order valence-corrected chi connectivity index (χ0v) is 10.3. The molecule has 0 aliphatic carbocycles. The fraction of sp³-hybridized carbons (Fsp3) is 0.846. The maximum Gasteiger partial charge on any atom is 0.0247 e. The number of nitrogens with zero attached hydrogens (tertiary/aromatic N) is 1. The SMILES string of the molecule is C=CC(C)N1CCC(CNCCC)CC1. The Kier molecular flexibility index (Phi) is 5.96. The number of likely N-dealkylation sites (tertiary alicyclic amines) is 1. The molecule has 88 valence electrons. The first-order valence-electron chi connectivity index (χ1n) is 6.35. The van der Waals surface area contributed by atoms with Crippen molar-refractivity contribution in [1.82, 2.24) is 10.2 Å². The van der Waals surface area contributed by atoms with Gasteiger partial charge in [0, 0.05) is 6.04 Å². The van der Waals surface area contributed by atoms with Gasteiger partial charge in [-0.05, 0) is 58.3 Å². The lowest BCUT2D eigenvalue weighted by Crippen LogP contribution is -2.41. The minimum absolute atomic E-state index is 0.551. The van der Waals surface area contributed by atoms with E-state index in [9.17, 15) is 0 Å². The van der Waals surface area contributed by atoms with Crippen molar-refractivity contribution in [2.24, 2.45) is 5.92 Å². The molecule has 0 bridgehead atoms. The third kappa shape index (κ3) is 4.35. The first-order chi connectivity index (χ1) is 7.27. The van der Waals surface area contributed by atoms with Gasteiger partial charge in [0.2, 0.25) is 0 Å². The summed E-state index contributed by atoms with van der Waals surface area (Å²) in [5.41, 5.74) is 0. The molecule has 0 aromatic rings. The van der Waals surface area contributed by atoms with Gasteiger partial charge in [0.15, 0.2) is 0 Å². The molecular weight excluding hydrogens is 184 g/mol. The summed E-state index contributed by atoms with van der Waals surface area (Å²) in [5.74, 6) is 0.893. The fourth-order valence-electron chi connectivity index (χ4n) is 2.20. The lowest BCUT2D eigenvalue weighted by atomic mass is 9.96. The minimum Gasteiger partial charge on any atom is -0.316 e. The number of rotatable bonds is 6. The van der Waals surface area contributed by atoms with Crippen LogP contribution >= 0.6 is 0 Å². The van der Waals surface area contributed by atoms with E-state index < -0.39 is 0 Å². The lowest BCUT2D eigenvalue weighted by Gasteiger charge is -2.34. The van der Waals surface area contributed by atoms with E-state index in [2.05, 4.69) is 36.7 Å². The van der Waals surface area contributed by atoms with Gasteiger partial charge in [0.05, 0.1) is 0 Å². The predicted octanol–water partition coefficient (Wildman–Crippen LogP) is 2.27. The van der Waals surface area contributed by atoms with Crippen molar-refractivity contribution < 1.29 is 0 Å². The van der Waals surface area contributed by atoms with Crippen LogP contribution in [-0.2, 0) is 0 Å². The molecule has 1 saturated heterocycles. The molecule has 1 aliphatic rings. The van der Waals surface area contributed by atoms with Crippen LogP contribution in [0.3, 0.4) is 0 Å². The molecule has 2 nitrogen and oxygen atoms in total. The molecular formula is C13H26N2. The van der Waals surface area contributed by atoms with Crippen molar-refractivity contribution in [2.45, 2.75) is 39.2 Å². The molecule has 2 heteroatoms. The highest BCUT2D eigenvalue weighted by Crippen LogP contribution is 2.18. The molecule has 1 atom stereocenters. The van der Waals surface area contributed by atoms with Crippen LogP contribution in [0.25, 0.3) is 0 Å². The Balaban J connectivity index is 2.15. The van der Waals surface area contributed by atoms with E-state index in [4.69, 9.17) is 0 Å². The van der Waals surface area contributed by atoms with E-state index in [0.29, 0.717) is 6.04 Å². The van der Waals surface area contributed by atoms with Gasteiger partial charge in [0.1, 0.15) is 0 Å². The quantitative estimate of drug-likeness (QED) is 0.534. The molecule has 0 radical (unpaired) electrons. The summed E-state index contributed by atoms with van der Waals surface area (Å²) in [6.07, 6.45) is 5.98. The summed E-state index contributed by atoms with van der Waals surface area (Å²) in [6.45, 7) is 13.2. The Morgan fingerprint density at radius 1 is 1.47 bits per heavy atom. The standard InChI is InChI=1S/C13H26N2/c1-4-8-14-11-13-6-9-15(10-7-13)12(3)5-2/h5,12-14H,2,4,6-11H2,1,3H3. The summed E-state index contributed by atoms with van der Waals surface area (Å²) in [4.78, 5) is 2.53. The van der Waals surface area contributed by atoms with Gasteiger partial charge in [-0.3, -0.25) is 4.90 Å². The van der Waals surface area contributed by atoms with Crippen molar-refractivity contribution >= 4 is 0 Å². The summed E-state index contributed by atoms with van der Waals surface area (Å²) < 4.78 is 0. The highest BCUT2D eigenvalue weighted by atomic mass is 15.2. The second-order valence-electron chi connectivity index (χ2n) is 4.66. The second-order valence-corrected chi connectivity index (χ2v) is 4.66. The average molecular weight is 210 g/mol. The van der Waals surface area contributed by atoms with E-state index in [1.54, 1.807) is 0 Å². The number of nitrogens with one attached hydrogen (secondary N) is 1. The van der Waals surface area contributed by atoms with Gasteiger partial charge in [-0.25, -0.2) is 0 Å². The fourth-order valence-corrected chi connectivity index (χ4v) is 2.20. The smallest absolute Gasteiger partial charge is 0.0247 e. The summed E-state index contributed by atoms with van der Waals surface area (Å²) in [6, 6.07) is 0.551. The Bertz CT molecular complexity index is 171. The van der Waals surface area contributed by atoms with Gasteiger partial charge in [-0.15, -0.1) is 6.58 Å². The maximum atomic E-state index is 3.86. The molecule has 1 rings (SSSR count). The van der Waals surface area contributed by atoms with Crippen LogP contribution in [0.1, 0.15) is 33.1 Å². The molecule has 0 aromatic heterocycles. The van der Waals surface area contributed by atoms with Crippen molar-refractivity contribution in [3.05, 3.63) is 12.7 Å². The zero-order chi connectivity index (χ0) is 11.1. The monoisotopic (exact) mass is 210 g/mol. The Hall–Kier alpha value is -0.340. The Morgan fingerprint density at radius 2 is 2.13 bits per heavy atom. The van der Waals surface area contributed by atoms with Crippen LogP contribution in [0, 0.1) is 5.92 Å². The third-order valence-corrected chi connectivity index (χ3v) is 3.43. The first kappa shape index (κ1) is 12.7. The number of hydrogen-bond donors (Lipinski definition) is 1. The number of piperidine rings is 1. The summed E-state index contributed by atoms with van der Waals surface area (Å²) >= 11 is 0. The topological polar surface area (TPSA) is 15.3 Å². The largest absolute Gasteiger partial charge is 0.316 e. The molecule has 0 aromatic carbocycles. The van der Waals surface area contributed by atoms with Crippen LogP contribution in [0.15, 0.2) is 12.7 Å². The molecule has 1 fully saturated rings. The molecule has 0 saturated carbocycles. The van der Waals surface area contributed by atoms with Crippen LogP contribution in [0.5, 0.6) is 0 Å². The summed E-state index contributed by atoms with van der Waals surface area (Å²) in [7, 11) is 0. The van der Waals surface area contributed by atoms with Crippen molar-refractivity contribution in [3.63, 3.8) is 0 Å². The minimum atomic E-state index is 0.551. The van der Waals surface area contributed by atoms with Gasteiger partial charge >= 0.3 is 0 Å². The molecule has 1 heterocycles. The number of hydrogen-bond acceptors (Lipinski definition) is 2. The summed E-state index contributed by atoms with van der Waals surface area (Å²) in [5, 5.41) is 3.52. The van der Waals surface area contributed by atoms with E-state index in [1.807, 2.05) is 0 Å². The second kappa shape index (κ2) is 7.02. The van der Waals surface area contributed by atoms with Gasteiger partial charge in [0.25, 0.3) is 0 Å². The van der Waals surface area contributed by atoms with Crippen molar-refractivity contribution in [3.8, 4) is 0 Å². The van der Waals surface area contributed by atoms with Crippen molar-refractivity contribution in [1.29, 1.82) is 0 Å². The van der Waals surface area contributed by atoms with Crippen LogP contribution in [0.2, 0.25) is 0 Å². The average Bonchev–Trinajstić information content (AvgIpc) is 2.29. The van der Waals surface area contributed by atoms with Crippen LogP contribution in [-0.4, -0.2) is 37.1 Å². The first-order valence-corrected chi connectivity index (χ1v) is 6.35. The highest BCUT2D eigenvalue weighted by molar-refractivity contribution is 4.86. The van der Waals surface area contributed by atoms with Crippen LogP contribution in [0.4, 0.5) is 0 Å². The van der Waals surface area contributed by atoms with E-state index in [-0.39, 0.29) is 0 Å². The maximum absolute atomic E-state index is 3.86.